The van der Waals surface area contributed by atoms with Gasteiger partial charge in [0, 0.05) is 76.5 Å². The Bertz CT molecular complexity index is 6900. The fraction of sp³-hybridized carbons (Fsp3) is 0.316. The van der Waals surface area contributed by atoms with Crippen LogP contribution in [0, 0.1) is 83.1 Å². The van der Waals surface area contributed by atoms with Crippen LogP contribution in [0.2, 0.25) is 0 Å². The summed E-state index contributed by atoms with van der Waals surface area (Å²) in [6, 6.07) is 87.6. The summed E-state index contributed by atoms with van der Waals surface area (Å²) in [5.74, 6) is 5.11. The molecule has 4 fully saturated rings. The highest BCUT2D eigenvalue weighted by molar-refractivity contribution is 9.10. The average Bonchev–Trinajstić information content (AvgIpc) is 1.58. The van der Waals surface area contributed by atoms with Gasteiger partial charge in [-0.15, -0.1) is 0 Å². The second kappa shape index (κ2) is 41.1. The SMILES string of the molecule is Brc1ccc(-c2nc3ccccc3n2-c2ccccc2)cc1.CC1(C)OB(B2OC(C)(C)C(C)(C)O2)OC1(C)C.Cc1nc(C)c(C)c(-c2ccc(-c3ccc(-c4nc5ccccc5n4-c4ccccc4)cc3)cc2)n1.Cc1nc(C)c(C)c(-c2ccc(B3OC(C)(C)C(C)(C)O3)cc2)n1.Cc1nc(C)c(C)c(-c2ccc(B3OC(C)(C)C(C)(C)O3)cc2)n1.Cc1nc(C)c(C)c(-c2ccc(Br)cc2)n1. The maximum Gasteiger partial charge on any atom is 0.494 e. The van der Waals surface area contributed by atoms with E-state index in [1.165, 1.54) is 11.1 Å². The third-order valence-electron chi connectivity index (χ3n) is 28.2. The van der Waals surface area contributed by atoms with Gasteiger partial charge in [-0.1, -0.05) is 214 Å². The van der Waals surface area contributed by atoms with E-state index in [2.05, 4.69) is 370 Å². The molecule has 140 heavy (non-hydrogen) atoms. The molecule has 6 aromatic heterocycles. The molecule has 0 spiro atoms. The fourth-order valence-corrected chi connectivity index (χ4v) is 17.2. The maximum atomic E-state index is 6.11. The standard InChI is InChI=1S/C32H26N4.2C19H25BN2O2.C19H13BrN2.C13H13BrN2.C12H24B2O4/c1-21-22(2)33-23(3)34-31(21)26-17-13-24(14-18-26)25-15-19-27(20-16-25)32-35-29-11-7-8-12-30(29)36(32)28-9-5-4-6-10-28;2*1-12-13(2)21-14(3)22-17(12)15-8-10-16(11-9-15)20-23-18(4,5)19(6,7)24-20;20-15-12-10-14(11-13-15)19-21-17-8-4-5-9-18(17)22(19)16-6-2-1-3-7-16;1-8-9(2)15-10(3)16-13(8)11-4-6-12(14)7-5-11;1-9(2)10(3,4)16-13(15-9)14-17-11(5,6)12(7,8)18-14/h4-20H,1-3H3;2*8-11H,1-7H3;1-13H;4-7H,1-3H3;1-8H3. The molecule has 0 aliphatic carbocycles. The highest BCUT2D eigenvalue weighted by atomic mass is 79.9. The first-order valence-electron chi connectivity index (χ1n) is 47.8. The van der Waals surface area contributed by atoms with Gasteiger partial charge in [0.05, 0.1) is 89.7 Å². The van der Waals surface area contributed by atoms with E-state index in [-0.39, 0.29) is 59.0 Å². The molecule has 16 aromatic rings. The van der Waals surface area contributed by atoms with Crippen LogP contribution in [0.15, 0.2) is 264 Å². The first-order chi connectivity index (χ1) is 66.1. The minimum Gasteiger partial charge on any atom is -0.405 e. The minimum absolute atomic E-state index is 0.326. The number of aromatic nitrogens is 12. The van der Waals surface area contributed by atoms with Crippen LogP contribution in [0.1, 0.15) is 179 Å². The summed E-state index contributed by atoms with van der Waals surface area (Å²) in [6.45, 7) is 56.8. The van der Waals surface area contributed by atoms with Crippen LogP contribution >= 0.6 is 31.9 Å². The van der Waals surface area contributed by atoms with Gasteiger partial charge >= 0.3 is 28.3 Å². The van der Waals surface area contributed by atoms with Crippen molar-refractivity contribution in [3.63, 3.8) is 0 Å². The molecule has 0 radical (unpaired) electrons. The van der Waals surface area contributed by atoms with E-state index in [0.717, 1.165) is 189 Å². The minimum atomic E-state index is -0.476. The Kier molecular flexibility index (Phi) is 30.2. The molecule has 0 amide bonds. The number of hydrogen-bond donors (Lipinski definition) is 0. The van der Waals surface area contributed by atoms with Crippen molar-refractivity contribution in [3.8, 4) is 90.3 Å². The van der Waals surface area contributed by atoms with E-state index < -0.39 is 14.0 Å². The van der Waals surface area contributed by atoms with E-state index in [1.807, 2.05) is 159 Å². The highest BCUT2D eigenvalue weighted by Crippen LogP contribution is 2.45. The Labute approximate surface area is 844 Å². The van der Waals surface area contributed by atoms with Crippen molar-refractivity contribution in [2.24, 2.45) is 0 Å². The van der Waals surface area contributed by atoms with Crippen LogP contribution in [0.3, 0.4) is 0 Å². The molecule has 26 heteroatoms. The Morgan fingerprint density at radius 1 is 0.221 bits per heavy atom. The fourth-order valence-electron chi connectivity index (χ4n) is 16.7. The smallest absolute Gasteiger partial charge is 0.405 e. The Morgan fingerprint density at radius 2 is 0.436 bits per heavy atom. The van der Waals surface area contributed by atoms with E-state index in [4.69, 9.17) is 47.2 Å². The van der Waals surface area contributed by atoms with Crippen LogP contribution in [0.5, 0.6) is 0 Å². The number of benzene rings is 10. The number of nitrogens with zero attached hydrogens (tertiary/aromatic N) is 12. The normalized spacial score (nSPS) is 16.4. The molecule has 20 nitrogen and oxygen atoms in total. The monoisotopic (exact) mass is 1990 g/mol. The van der Waals surface area contributed by atoms with Crippen molar-refractivity contribution in [1.29, 1.82) is 0 Å². The van der Waals surface area contributed by atoms with Crippen LogP contribution in [0.25, 0.3) is 112 Å². The first-order valence-corrected chi connectivity index (χ1v) is 49.4. The lowest BCUT2D eigenvalue weighted by molar-refractivity contribution is 0.00578. The predicted molar refractivity (Wildman–Crippen MR) is 578 cm³/mol. The van der Waals surface area contributed by atoms with Gasteiger partial charge in [-0.25, -0.2) is 49.8 Å². The van der Waals surface area contributed by atoms with E-state index in [9.17, 15) is 0 Å². The second-order valence-corrected chi connectivity index (χ2v) is 42.2. The number of imidazole rings is 2. The maximum absolute atomic E-state index is 6.11. The Balaban J connectivity index is 0.000000130. The summed E-state index contributed by atoms with van der Waals surface area (Å²) in [5, 5.41) is 0. The zero-order valence-corrected chi connectivity index (χ0v) is 89.1. The number of para-hydroxylation sites is 6. The van der Waals surface area contributed by atoms with Gasteiger partial charge in [0.25, 0.3) is 0 Å². The van der Waals surface area contributed by atoms with E-state index in [0.29, 0.717) is 0 Å². The molecule has 0 unspecified atom stereocenters. The Morgan fingerprint density at radius 3 is 0.707 bits per heavy atom. The van der Waals surface area contributed by atoms with Crippen molar-refractivity contribution < 1.29 is 37.2 Å². The van der Waals surface area contributed by atoms with Crippen LogP contribution in [0.4, 0.5) is 0 Å². The summed E-state index contributed by atoms with van der Waals surface area (Å²) in [4.78, 5) is 45.9. The van der Waals surface area contributed by atoms with Crippen molar-refractivity contribution in [2.45, 2.75) is 239 Å². The molecule has 4 aliphatic rings. The summed E-state index contributed by atoms with van der Waals surface area (Å²) < 4.78 is 54.9. The number of aryl methyl sites for hydroxylation is 8. The van der Waals surface area contributed by atoms with Crippen LogP contribution < -0.4 is 10.9 Å². The lowest BCUT2D eigenvalue weighted by Gasteiger charge is -2.32. The van der Waals surface area contributed by atoms with Gasteiger partial charge in [-0.3, -0.25) is 9.13 Å². The molecule has 0 atom stereocenters. The van der Waals surface area contributed by atoms with E-state index in [1.54, 1.807) is 0 Å². The molecule has 20 rings (SSSR count). The molecule has 10 heterocycles. The number of fused-ring (bicyclic) bond motifs is 2. The van der Waals surface area contributed by atoms with Gasteiger partial charge in [0.1, 0.15) is 34.9 Å². The summed E-state index contributed by atoms with van der Waals surface area (Å²) >= 11 is 6.92. The lowest BCUT2D eigenvalue weighted by Crippen LogP contribution is -2.41. The first kappa shape index (κ1) is 103. The molecular weight excluding hydrogens is 1870 g/mol. The van der Waals surface area contributed by atoms with Gasteiger partial charge in [0.2, 0.25) is 0 Å². The third kappa shape index (κ3) is 22.3. The zero-order chi connectivity index (χ0) is 101. The number of hydrogen-bond acceptors (Lipinski definition) is 18. The van der Waals surface area contributed by atoms with Crippen molar-refractivity contribution in [2.75, 3.05) is 0 Å². The molecule has 10 aromatic carbocycles. The quantitative estimate of drug-likeness (QED) is 0.104. The predicted octanol–water partition coefficient (Wildman–Crippen LogP) is 26.0. The van der Waals surface area contributed by atoms with Crippen molar-refractivity contribution >= 4 is 93.1 Å². The van der Waals surface area contributed by atoms with Crippen molar-refractivity contribution in [1.82, 2.24) is 59.0 Å². The zero-order valence-electron chi connectivity index (χ0n) is 85.9. The average molecular weight is 2000 g/mol. The molecule has 716 valence electrons. The number of halogens is 2. The molecule has 0 bridgehead atoms. The number of rotatable bonds is 12. The molecule has 4 aliphatic heterocycles. The van der Waals surface area contributed by atoms with Gasteiger partial charge in [-0.2, -0.15) is 0 Å². The van der Waals surface area contributed by atoms with Gasteiger partial charge < -0.3 is 37.2 Å². The molecule has 0 saturated carbocycles. The van der Waals surface area contributed by atoms with Crippen LogP contribution in [-0.4, -0.2) is 132 Å². The summed E-state index contributed by atoms with van der Waals surface area (Å²) in [6.07, 6.45) is 0. The highest BCUT2D eigenvalue weighted by Gasteiger charge is 2.64. The van der Waals surface area contributed by atoms with Gasteiger partial charge in [-0.05, 0) is 311 Å². The lowest BCUT2D eigenvalue weighted by atomic mass is 9.49. The summed E-state index contributed by atoms with van der Waals surface area (Å²) in [5.41, 5.74) is 27.3. The third-order valence-corrected chi connectivity index (χ3v) is 29.3. The molecule has 0 N–H and O–H groups in total. The molecule has 4 saturated heterocycles. The van der Waals surface area contributed by atoms with Crippen molar-refractivity contribution in [3.05, 3.63) is 332 Å². The molecular formula is C114H126B4Br2N12O8. The second-order valence-electron chi connectivity index (χ2n) is 40.3. The Hall–Kier alpha value is -11.6. The topological polar surface area (TPSA) is 213 Å². The van der Waals surface area contributed by atoms with Gasteiger partial charge in [0.15, 0.2) is 0 Å². The van der Waals surface area contributed by atoms with Crippen LogP contribution in [-0.2, 0) is 37.2 Å². The summed E-state index contributed by atoms with van der Waals surface area (Å²) in [7, 11) is -1.62. The van der Waals surface area contributed by atoms with E-state index >= 15 is 0 Å². The largest absolute Gasteiger partial charge is 0.494 e.